The summed E-state index contributed by atoms with van der Waals surface area (Å²) in [7, 11) is -2.29. The molecule has 0 spiro atoms. The third kappa shape index (κ3) is 1.76. The minimum atomic E-state index is -2.29. The zero-order chi connectivity index (χ0) is 8.70. The van der Waals surface area contributed by atoms with Crippen LogP contribution in [0.2, 0.25) is 0 Å². The lowest BCUT2D eigenvalue weighted by Gasteiger charge is -2.18. The molecule has 1 atom stereocenters. The average molecular weight is 176 g/mol. The van der Waals surface area contributed by atoms with E-state index in [0.29, 0.717) is 0 Å². The summed E-state index contributed by atoms with van der Waals surface area (Å²) in [6.07, 6.45) is 1.99. The van der Waals surface area contributed by atoms with Crippen LogP contribution in [0.25, 0.3) is 0 Å². The van der Waals surface area contributed by atoms with Crippen LogP contribution in [-0.4, -0.2) is 20.9 Å². The Morgan fingerprint density at radius 1 is 1.55 bits per heavy atom. The van der Waals surface area contributed by atoms with Crippen LogP contribution in [-0.2, 0) is 14.0 Å². The Hall–Kier alpha value is -0.0200. The van der Waals surface area contributed by atoms with Crippen molar-refractivity contribution in [1.82, 2.24) is 0 Å². The van der Waals surface area contributed by atoms with Crippen molar-refractivity contribution >= 4 is 15.7 Å². The molecule has 1 unspecified atom stereocenters. The Bertz CT molecular complexity index is 235. The molecule has 0 aromatic carbocycles. The highest BCUT2D eigenvalue weighted by Crippen LogP contribution is 2.43. The zero-order valence-corrected chi connectivity index (χ0v) is 8.24. The van der Waals surface area contributed by atoms with Crippen molar-refractivity contribution in [2.45, 2.75) is 44.5 Å². The van der Waals surface area contributed by atoms with E-state index in [2.05, 4.69) is 5.87 Å². The lowest BCUT2D eigenvalue weighted by atomic mass is 10.5. The maximum Gasteiger partial charge on any atom is 0.0829 e. The molecule has 1 rings (SSSR count). The summed E-state index contributed by atoms with van der Waals surface area (Å²) >= 11 is 0. The first-order valence-corrected chi connectivity index (χ1v) is 5.58. The SMILES string of the molecule is C=S(=O)(OC(C)C)C1(C)CC1. The first-order chi connectivity index (χ1) is 4.87. The maximum absolute atomic E-state index is 11.7. The van der Waals surface area contributed by atoms with Gasteiger partial charge in [0.05, 0.1) is 20.7 Å². The summed E-state index contributed by atoms with van der Waals surface area (Å²) in [5.74, 6) is 3.65. The molecule has 66 valence electrons. The highest BCUT2D eigenvalue weighted by atomic mass is 32.2. The van der Waals surface area contributed by atoms with Crippen LogP contribution in [0.4, 0.5) is 0 Å². The quantitative estimate of drug-likeness (QED) is 0.610. The summed E-state index contributed by atoms with van der Waals surface area (Å²) in [6.45, 7) is 5.75. The van der Waals surface area contributed by atoms with Gasteiger partial charge in [0.25, 0.3) is 0 Å². The predicted molar refractivity (Wildman–Crippen MR) is 49.1 cm³/mol. The second-order valence-electron chi connectivity index (χ2n) is 3.71. The Labute approximate surface area is 69.2 Å². The molecule has 1 aliphatic rings. The molecule has 0 aromatic heterocycles. The number of hydrogen-bond acceptors (Lipinski definition) is 2. The molecule has 0 saturated heterocycles. The largest absolute Gasteiger partial charge is 0.295 e. The first-order valence-electron chi connectivity index (χ1n) is 3.92. The van der Waals surface area contributed by atoms with Crippen LogP contribution in [0.5, 0.6) is 0 Å². The molecule has 1 saturated carbocycles. The number of rotatable bonds is 3. The highest BCUT2D eigenvalue weighted by molar-refractivity contribution is 7.97. The normalized spacial score (nSPS) is 26.5. The first kappa shape index (κ1) is 9.07. The molecule has 0 N–H and O–H groups in total. The molecule has 0 aromatic rings. The molecule has 0 amide bonds. The Morgan fingerprint density at radius 2 is 2.00 bits per heavy atom. The van der Waals surface area contributed by atoms with Gasteiger partial charge in [0.1, 0.15) is 0 Å². The Kier molecular flexibility index (Phi) is 2.05. The van der Waals surface area contributed by atoms with E-state index < -0.39 is 9.80 Å². The zero-order valence-electron chi connectivity index (χ0n) is 7.42. The van der Waals surface area contributed by atoms with Gasteiger partial charge < -0.3 is 0 Å². The standard InChI is InChI=1S/C8H16O2S/c1-7(2)10-11(4,9)8(3)5-6-8/h7H,4-6H2,1-3H3. The Balaban J connectivity index is 2.68. The third-order valence-electron chi connectivity index (χ3n) is 2.05. The molecular formula is C8H16O2S. The van der Waals surface area contributed by atoms with Crippen LogP contribution in [0, 0.1) is 0 Å². The predicted octanol–water partition coefficient (Wildman–Crippen LogP) is 1.60. The van der Waals surface area contributed by atoms with Gasteiger partial charge in [-0.3, -0.25) is 4.18 Å². The van der Waals surface area contributed by atoms with E-state index in [9.17, 15) is 4.21 Å². The summed E-state index contributed by atoms with van der Waals surface area (Å²) in [6, 6.07) is 0. The van der Waals surface area contributed by atoms with Crippen LogP contribution >= 0.6 is 0 Å². The molecule has 0 bridgehead atoms. The highest BCUT2D eigenvalue weighted by Gasteiger charge is 2.46. The van der Waals surface area contributed by atoms with E-state index in [1.54, 1.807) is 0 Å². The van der Waals surface area contributed by atoms with E-state index in [-0.39, 0.29) is 10.9 Å². The second kappa shape index (κ2) is 2.49. The van der Waals surface area contributed by atoms with Crippen molar-refractivity contribution in [2.75, 3.05) is 0 Å². The summed E-state index contributed by atoms with van der Waals surface area (Å²) in [5, 5.41) is 0. The molecule has 0 radical (unpaired) electrons. The van der Waals surface area contributed by atoms with Gasteiger partial charge in [-0.05, 0) is 39.5 Å². The van der Waals surface area contributed by atoms with E-state index >= 15 is 0 Å². The second-order valence-corrected chi connectivity index (χ2v) is 6.12. The monoisotopic (exact) mass is 176 g/mol. The molecule has 3 heteroatoms. The fraction of sp³-hybridized carbons (Fsp3) is 0.875. The van der Waals surface area contributed by atoms with Gasteiger partial charge in [0.15, 0.2) is 0 Å². The lowest BCUT2D eigenvalue weighted by molar-refractivity contribution is 0.263. The van der Waals surface area contributed by atoms with Crippen LogP contribution < -0.4 is 0 Å². The maximum atomic E-state index is 11.7. The van der Waals surface area contributed by atoms with Gasteiger partial charge in [0, 0.05) is 0 Å². The summed E-state index contributed by atoms with van der Waals surface area (Å²) < 4.78 is 16.9. The molecule has 0 heterocycles. The molecule has 1 aliphatic carbocycles. The average Bonchev–Trinajstić information content (AvgIpc) is 2.44. The van der Waals surface area contributed by atoms with Gasteiger partial charge in [-0.25, -0.2) is 4.21 Å². The van der Waals surface area contributed by atoms with Gasteiger partial charge in [-0.1, -0.05) is 0 Å². The fourth-order valence-corrected chi connectivity index (χ4v) is 2.49. The summed E-state index contributed by atoms with van der Waals surface area (Å²) in [4.78, 5) is 0. The van der Waals surface area contributed by atoms with Crippen molar-refractivity contribution in [3.05, 3.63) is 0 Å². The van der Waals surface area contributed by atoms with Gasteiger partial charge in [-0.2, -0.15) is 0 Å². The lowest BCUT2D eigenvalue weighted by Crippen LogP contribution is -2.24. The van der Waals surface area contributed by atoms with E-state index in [1.165, 1.54) is 0 Å². The molecular weight excluding hydrogens is 160 g/mol. The van der Waals surface area contributed by atoms with Crippen LogP contribution in [0.1, 0.15) is 33.6 Å². The number of hydrogen-bond donors (Lipinski definition) is 0. The van der Waals surface area contributed by atoms with Crippen molar-refractivity contribution in [3.63, 3.8) is 0 Å². The Morgan fingerprint density at radius 3 is 2.27 bits per heavy atom. The van der Waals surface area contributed by atoms with Crippen molar-refractivity contribution in [1.29, 1.82) is 0 Å². The van der Waals surface area contributed by atoms with Crippen molar-refractivity contribution < 1.29 is 8.39 Å². The minimum absolute atomic E-state index is 0.0115. The van der Waals surface area contributed by atoms with Gasteiger partial charge >= 0.3 is 0 Å². The molecule has 11 heavy (non-hydrogen) atoms. The van der Waals surface area contributed by atoms with Crippen LogP contribution in [0.3, 0.4) is 0 Å². The molecule has 2 nitrogen and oxygen atoms in total. The minimum Gasteiger partial charge on any atom is -0.295 e. The smallest absolute Gasteiger partial charge is 0.0829 e. The topological polar surface area (TPSA) is 26.3 Å². The van der Waals surface area contributed by atoms with Gasteiger partial charge in [-0.15, -0.1) is 0 Å². The molecule has 1 fully saturated rings. The van der Waals surface area contributed by atoms with E-state index in [4.69, 9.17) is 4.18 Å². The van der Waals surface area contributed by atoms with E-state index in [0.717, 1.165) is 12.8 Å². The third-order valence-corrected chi connectivity index (χ3v) is 4.66. The van der Waals surface area contributed by atoms with Crippen LogP contribution in [0.15, 0.2) is 0 Å². The fourth-order valence-electron chi connectivity index (χ4n) is 0.914. The van der Waals surface area contributed by atoms with Gasteiger partial charge in [0.2, 0.25) is 0 Å². The van der Waals surface area contributed by atoms with Crippen molar-refractivity contribution in [3.8, 4) is 0 Å². The van der Waals surface area contributed by atoms with E-state index in [1.807, 2.05) is 20.8 Å². The van der Waals surface area contributed by atoms with Crippen molar-refractivity contribution in [2.24, 2.45) is 0 Å². The molecule has 0 aliphatic heterocycles. The summed E-state index contributed by atoms with van der Waals surface area (Å²) in [5.41, 5.74) is 0.